The molecule has 0 aliphatic carbocycles. The molecular formula is C16H27BrIN3O2. The average molecular weight is 500 g/mol. The van der Waals surface area contributed by atoms with Crippen molar-refractivity contribution in [2.75, 3.05) is 27.3 Å². The fraction of sp³-hybridized carbons (Fsp3) is 0.562. The maximum Gasteiger partial charge on any atom is 0.191 e. The second-order valence-electron chi connectivity index (χ2n) is 5.28. The van der Waals surface area contributed by atoms with E-state index in [1.54, 1.807) is 14.2 Å². The normalized spacial score (nSPS) is 11.0. The number of nitrogens with one attached hydrogen (secondary N) is 2. The molecule has 0 heterocycles. The van der Waals surface area contributed by atoms with Crippen molar-refractivity contribution < 1.29 is 9.47 Å². The van der Waals surface area contributed by atoms with Crippen LogP contribution < -0.4 is 20.1 Å². The molecule has 0 aliphatic heterocycles. The van der Waals surface area contributed by atoms with Gasteiger partial charge in [-0.2, -0.15) is 0 Å². The Labute approximate surface area is 164 Å². The number of aliphatic imine (C=N–C) groups is 1. The minimum Gasteiger partial charge on any atom is -0.493 e. The minimum absolute atomic E-state index is 0. The molecule has 0 unspecified atom stereocenters. The molecule has 0 atom stereocenters. The summed E-state index contributed by atoms with van der Waals surface area (Å²) in [5, 5.41) is 6.57. The van der Waals surface area contributed by atoms with Crippen LogP contribution >= 0.6 is 39.9 Å². The van der Waals surface area contributed by atoms with Gasteiger partial charge >= 0.3 is 0 Å². The van der Waals surface area contributed by atoms with Crippen molar-refractivity contribution in [1.82, 2.24) is 10.6 Å². The first-order valence-electron chi connectivity index (χ1n) is 7.44. The molecule has 132 valence electrons. The monoisotopic (exact) mass is 499 g/mol. The van der Waals surface area contributed by atoms with Crippen LogP contribution in [0.2, 0.25) is 0 Å². The Bertz CT molecular complexity index is 510. The van der Waals surface area contributed by atoms with Gasteiger partial charge in [0.15, 0.2) is 17.5 Å². The number of hydrogen-bond donors (Lipinski definition) is 2. The predicted molar refractivity (Wildman–Crippen MR) is 110 cm³/mol. The molecule has 0 saturated carbocycles. The predicted octanol–water partition coefficient (Wildman–Crippen LogP) is 3.80. The fourth-order valence-electron chi connectivity index (χ4n) is 1.88. The molecule has 0 saturated heterocycles. The number of benzene rings is 1. The summed E-state index contributed by atoms with van der Waals surface area (Å²) in [4.78, 5) is 4.60. The zero-order valence-electron chi connectivity index (χ0n) is 14.4. The van der Waals surface area contributed by atoms with Crippen LogP contribution in [0.4, 0.5) is 0 Å². The van der Waals surface area contributed by atoms with Gasteiger partial charge in [0.1, 0.15) is 0 Å². The number of guanidine groups is 1. The first-order valence-corrected chi connectivity index (χ1v) is 8.23. The lowest BCUT2D eigenvalue weighted by atomic mass is 10.2. The molecule has 0 amide bonds. The summed E-state index contributed by atoms with van der Waals surface area (Å²) in [5.74, 6) is 2.78. The molecule has 7 heteroatoms. The molecule has 23 heavy (non-hydrogen) atoms. The van der Waals surface area contributed by atoms with Gasteiger partial charge in [0.25, 0.3) is 0 Å². The molecule has 5 nitrogen and oxygen atoms in total. The molecule has 0 radical (unpaired) electrons. The summed E-state index contributed by atoms with van der Waals surface area (Å²) < 4.78 is 11.5. The van der Waals surface area contributed by atoms with E-state index in [1.165, 1.54) is 0 Å². The molecule has 0 spiro atoms. The molecule has 0 aromatic heterocycles. The van der Waals surface area contributed by atoms with E-state index < -0.39 is 0 Å². The second-order valence-corrected chi connectivity index (χ2v) is 6.14. The Hall–Kier alpha value is -0.700. The Morgan fingerprint density at radius 1 is 1.22 bits per heavy atom. The fourth-order valence-corrected chi connectivity index (χ4v) is 2.53. The molecule has 1 rings (SSSR count). The second kappa shape index (κ2) is 11.8. The summed E-state index contributed by atoms with van der Waals surface area (Å²) in [6, 6.07) is 3.94. The lowest BCUT2D eigenvalue weighted by Crippen LogP contribution is -2.39. The van der Waals surface area contributed by atoms with E-state index in [1.807, 2.05) is 12.1 Å². The van der Waals surface area contributed by atoms with Gasteiger partial charge in [0, 0.05) is 13.1 Å². The molecule has 1 aromatic carbocycles. The van der Waals surface area contributed by atoms with Crippen LogP contribution in [0, 0.1) is 5.92 Å². The van der Waals surface area contributed by atoms with Crippen molar-refractivity contribution in [3.8, 4) is 11.5 Å². The van der Waals surface area contributed by atoms with Crippen molar-refractivity contribution in [3.05, 3.63) is 22.2 Å². The van der Waals surface area contributed by atoms with Crippen molar-refractivity contribution in [1.29, 1.82) is 0 Å². The number of methoxy groups -OCH3 is 2. The zero-order valence-corrected chi connectivity index (χ0v) is 18.3. The summed E-state index contributed by atoms with van der Waals surface area (Å²) in [6.45, 7) is 8.68. The van der Waals surface area contributed by atoms with Crippen LogP contribution in [0.1, 0.15) is 26.3 Å². The highest BCUT2D eigenvalue weighted by Gasteiger charge is 2.10. The van der Waals surface area contributed by atoms with Gasteiger partial charge < -0.3 is 20.1 Å². The summed E-state index contributed by atoms with van der Waals surface area (Å²) >= 11 is 3.50. The van der Waals surface area contributed by atoms with Crippen LogP contribution in [0.15, 0.2) is 21.6 Å². The third-order valence-electron chi connectivity index (χ3n) is 2.94. The Morgan fingerprint density at radius 2 is 1.91 bits per heavy atom. The summed E-state index contributed by atoms with van der Waals surface area (Å²) in [7, 11) is 3.26. The maximum absolute atomic E-state index is 5.36. The lowest BCUT2D eigenvalue weighted by Gasteiger charge is -2.14. The van der Waals surface area contributed by atoms with E-state index in [2.05, 4.69) is 52.3 Å². The average Bonchev–Trinajstić information content (AvgIpc) is 2.49. The standard InChI is InChI=1S/C16H26BrN3O2.HI/c1-6-18-16(19-9-11(2)3)20-10-12-7-13(17)15(22-5)14(8-12)21-4;/h7-8,11H,6,9-10H2,1-5H3,(H2,18,19,20);1H. The van der Waals surface area contributed by atoms with Gasteiger partial charge in [-0.25, -0.2) is 4.99 Å². The maximum atomic E-state index is 5.36. The third-order valence-corrected chi connectivity index (χ3v) is 3.52. The highest BCUT2D eigenvalue weighted by atomic mass is 127. The number of nitrogens with zero attached hydrogens (tertiary/aromatic N) is 1. The molecule has 1 aromatic rings. The van der Waals surface area contributed by atoms with Crippen LogP contribution in [0.3, 0.4) is 0 Å². The van der Waals surface area contributed by atoms with E-state index in [4.69, 9.17) is 9.47 Å². The summed E-state index contributed by atoms with van der Waals surface area (Å²) in [6.07, 6.45) is 0. The smallest absolute Gasteiger partial charge is 0.191 e. The van der Waals surface area contributed by atoms with Gasteiger partial charge in [-0.15, -0.1) is 24.0 Å². The van der Waals surface area contributed by atoms with Crippen molar-refractivity contribution in [3.63, 3.8) is 0 Å². The number of hydrogen-bond acceptors (Lipinski definition) is 3. The van der Waals surface area contributed by atoms with Gasteiger partial charge in [-0.05, 0) is 46.5 Å². The highest BCUT2D eigenvalue weighted by molar-refractivity contribution is 14.0. The highest BCUT2D eigenvalue weighted by Crippen LogP contribution is 2.36. The Morgan fingerprint density at radius 3 is 2.43 bits per heavy atom. The van der Waals surface area contributed by atoms with Crippen LogP contribution in [-0.4, -0.2) is 33.3 Å². The number of rotatable bonds is 7. The van der Waals surface area contributed by atoms with E-state index in [9.17, 15) is 0 Å². The number of halogens is 2. The van der Waals surface area contributed by atoms with Crippen molar-refractivity contribution in [2.45, 2.75) is 27.3 Å². The van der Waals surface area contributed by atoms with Crippen molar-refractivity contribution >= 4 is 45.9 Å². The van der Waals surface area contributed by atoms with E-state index in [0.717, 1.165) is 29.1 Å². The molecule has 2 N–H and O–H groups in total. The first kappa shape index (κ1) is 22.3. The third kappa shape index (κ3) is 7.60. The van der Waals surface area contributed by atoms with E-state index in [-0.39, 0.29) is 24.0 Å². The molecule has 0 aliphatic rings. The van der Waals surface area contributed by atoms with E-state index in [0.29, 0.717) is 24.0 Å². The van der Waals surface area contributed by atoms with Gasteiger partial charge in [-0.3, -0.25) is 0 Å². The minimum atomic E-state index is 0. The molecule has 0 bridgehead atoms. The van der Waals surface area contributed by atoms with Crippen LogP contribution in [0.5, 0.6) is 11.5 Å². The summed E-state index contributed by atoms with van der Waals surface area (Å²) in [5.41, 5.74) is 1.05. The van der Waals surface area contributed by atoms with Crippen LogP contribution in [0.25, 0.3) is 0 Å². The lowest BCUT2D eigenvalue weighted by molar-refractivity contribution is 0.352. The first-order chi connectivity index (χ1) is 10.5. The van der Waals surface area contributed by atoms with Crippen LogP contribution in [-0.2, 0) is 6.54 Å². The zero-order chi connectivity index (χ0) is 16.5. The quantitative estimate of drug-likeness (QED) is 0.340. The SMILES string of the molecule is CCNC(=NCc1cc(Br)c(OC)c(OC)c1)NCC(C)C.I. The Kier molecular flexibility index (Phi) is 11.4. The van der Waals surface area contributed by atoms with Gasteiger partial charge in [-0.1, -0.05) is 13.8 Å². The topological polar surface area (TPSA) is 54.9 Å². The Balaban J connectivity index is 0.00000484. The molecule has 0 fully saturated rings. The van der Waals surface area contributed by atoms with E-state index >= 15 is 0 Å². The molecular weight excluding hydrogens is 473 g/mol. The number of ether oxygens (including phenoxy) is 2. The largest absolute Gasteiger partial charge is 0.493 e. The van der Waals surface area contributed by atoms with Crippen molar-refractivity contribution in [2.24, 2.45) is 10.9 Å². The van der Waals surface area contributed by atoms with Gasteiger partial charge in [0.2, 0.25) is 0 Å². The van der Waals surface area contributed by atoms with Gasteiger partial charge in [0.05, 0.1) is 25.2 Å².